The van der Waals surface area contributed by atoms with Gasteiger partial charge in [0.05, 0.1) is 16.0 Å². The van der Waals surface area contributed by atoms with Crippen LogP contribution in [0.3, 0.4) is 0 Å². The fourth-order valence-corrected chi connectivity index (χ4v) is 1.12. The van der Waals surface area contributed by atoms with Crippen LogP contribution in [0.4, 0.5) is 5.69 Å². The van der Waals surface area contributed by atoms with Crippen LogP contribution in [0.25, 0.3) is 0 Å². The standard InChI is InChI=1S/C6H3Cl2NO3.Na.H/c7-3-1-4(8)6(10)2-5(3)9(11)12;;/h1-2,10H;;/q;+1;-1. The average Bonchev–Trinajstić information content (AvgIpc) is 1.96. The molecule has 0 saturated carbocycles. The van der Waals surface area contributed by atoms with E-state index >= 15 is 0 Å². The summed E-state index contributed by atoms with van der Waals surface area (Å²) >= 11 is 10.9. The molecule has 1 aromatic carbocycles. The summed E-state index contributed by atoms with van der Waals surface area (Å²) in [4.78, 5) is 9.56. The van der Waals surface area contributed by atoms with Crippen molar-refractivity contribution in [1.82, 2.24) is 0 Å². The summed E-state index contributed by atoms with van der Waals surface area (Å²) in [5, 5.41) is 19.1. The normalized spacial score (nSPS) is 9.08. The minimum absolute atomic E-state index is 0. The molecule has 13 heavy (non-hydrogen) atoms. The van der Waals surface area contributed by atoms with E-state index < -0.39 is 4.92 Å². The van der Waals surface area contributed by atoms with Gasteiger partial charge in [0.25, 0.3) is 5.69 Å². The first-order valence-corrected chi connectivity index (χ1v) is 3.60. The molecular weight excluding hydrogens is 228 g/mol. The number of phenols is 1. The van der Waals surface area contributed by atoms with Gasteiger partial charge in [0, 0.05) is 0 Å². The van der Waals surface area contributed by atoms with Gasteiger partial charge in [-0.3, -0.25) is 10.1 Å². The maximum absolute atomic E-state index is 10.3. The molecule has 1 aromatic rings. The predicted octanol–water partition coefficient (Wildman–Crippen LogP) is -0.276. The molecule has 0 aliphatic heterocycles. The molecule has 0 fully saturated rings. The molecule has 0 atom stereocenters. The van der Waals surface area contributed by atoms with Gasteiger partial charge in [-0.2, -0.15) is 0 Å². The van der Waals surface area contributed by atoms with Gasteiger partial charge in [-0.1, -0.05) is 23.2 Å². The molecule has 0 amide bonds. The Morgan fingerprint density at radius 1 is 1.38 bits per heavy atom. The van der Waals surface area contributed by atoms with Crippen molar-refractivity contribution in [1.29, 1.82) is 0 Å². The van der Waals surface area contributed by atoms with Crippen molar-refractivity contribution in [3.63, 3.8) is 0 Å². The van der Waals surface area contributed by atoms with E-state index in [-0.39, 0.29) is 52.5 Å². The summed E-state index contributed by atoms with van der Waals surface area (Å²) < 4.78 is 0. The molecule has 0 aliphatic carbocycles. The van der Waals surface area contributed by atoms with Gasteiger partial charge in [-0.05, 0) is 6.07 Å². The van der Waals surface area contributed by atoms with E-state index in [1.54, 1.807) is 0 Å². The van der Waals surface area contributed by atoms with Crippen molar-refractivity contribution in [2.45, 2.75) is 0 Å². The SMILES string of the molecule is O=[N+]([O-])c1cc(O)c(Cl)cc1Cl.[H-].[Na+]. The molecular formula is C6H4Cl2NNaO3. The third kappa shape index (κ3) is 3.00. The Kier molecular flexibility index (Phi) is 5.02. The van der Waals surface area contributed by atoms with Crippen LogP contribution < -0.4 is 29.6 Å². The third-order valence-electron chi connectivity index (χ3n) is 1.21. The Bertz CT molecular complexity index is 350. The zero-order valence-corrected chi connectivity index (χ0v) is 10.1. The van der Waals surface area contributed by atoms with Gasteiger partial charge >= 0.3 is 29.6 Å². The second-order valence-electron chi connectivity index (χ2n) is 2.01. The molecule has 0 radical (unpaired) electrons. The van der Waals surface area contributed by atoms with E-state index in [4.69, 9.17) is 28.3 Å². The van der Waals surface area contributed by atoms with E-state index in [0.717, 1.165) is 12.1 Å². The molecule has 0 aliphatic rings. The van der Waals surface area contributed by atoms with Crippen molar-refractivity contribution in [3.8, 4) is 5.75 Å². The Balaban J connectivity index is 0. The van der Waals surface area contributed by atoms with Gasteiger partial charge in [0.1, 0.15) is 10.8 Å². The van der Waals surface area contributed by atoms with Crippen LogP contribution in [0.1, 0.15) is 1.43 Å². The van der Waals surface area contributed by atoms with Crippen molar-refractivity contribution in [2.75, 3.05) is 0 Å². The second kappa shape index (κ2) is 5.02. The Hall–Kier alpha value is 0. The second-order valence-corrected chi connectivity index (χ2v) is 2.83. The van der Waals surface area contributed by atoms with Crippen LogP contribution in [0, 0.1) is 10.1 Å². The quantitative estimate of drug-likeness (QED) is 0.411. The summed E-state index contributed by atoms with van der Waals surface area (Å²) in [5.41, 5.74) is -0.362. The van der Waals surface area contributed by atoms with Gasteiger partial charge in [-0.25, -0.2) is 0 Å². The fraction of sp³-hybridized carbons (Fsp3) is 0. The minimum Gasteiger partial charge on any atom is -1.00 e. The summed E-state index contributed by atoms with van der Waals surface area (Å²) in [6.45, 7) is 0. The summed E-state index contributed by atoms with van der Waals surface area (Å²) in [6, 6.07) is 2.03. The van der Waals surface area contributed by atoms with Crippen molar-refractivity contribution >= 4 is 28.9 Å². The minimum atomic E-state index is -0.696. The number of nitro benzene ring substituents is 1. The number of benzene rings is 1. The van der Waals surface area contributed by atoms with Crippen molar-refractivity contribution in [3.05, 3.63) is 32.3 Å². The number of rotatable bonds is 1. The van der Waals surface area contributed by atoms with E-state index in [1.807, 2.05) is 0 Å². The molecule has 4 nitrogen and oxygen atoms in total. The molecule has 7 heteroatoms. The van der Waals surface area contributed by atoms with Crippen LogP contribution in [-0.4, -0.2) is 10.0 Å². The number of halogens is 2. The topological polar surface area (TPSA) is 63.4 Å². The molecule has 0 spiro atoms. The van der Waals surface area contributed by atoms with Crippen LogP contribution in [0.5, 0.6) is 5.75 Å². The van der Waals surface area contributed by atoms with Gasteiger partial charge in [-0.15, -0.1) is 0 Å². The van der Waals surface area contributed by atoms with Gasteiger partial charge < -0.3 is 6.53 Å². The van der Waals surface area contributed by atoms with Crippen LogP contribution in [0.2, 0.25) is 10.0 Å². The number of hydrogen-bond acceptors (Lipinski definition) is 3. The Morgan fingerprint density at radius 2 is 1.92 bits per heavy atom. The smallest absolute Gasteiger partial charge is 1.00 e. The average molecular weight is 232 g/mol. The number of nitro groups is 1. The summed E-state index contributed by atoms with van der Waals surface area (Å²) in [6.07, 6.45) is 0. The first kappa shape index (κ1) is 13.0. The Labute approximate surface area is 107 Å². The number of nitrogens with zero attached hydrogens (tertiary/aromatic N) is 1. The van der Waals surface area contributed by atoms with Crippen LogP contribution >= 0.6 is 23.2 Å². The predicted molar refractivity (Wildman–Crippen MR) is 45.9 cm³/mol. The van der Waals surface area contributed by atoms with E-state index in [0.29, 0.717) is 0 Å². The molecule has 1 N–H and O–H groups in total. The van der Waals surface area contributed by atoms with Crippen molar-refractivity contribution < 1.29 is 41.0 Å². The van der Waals surface area contributed by atoms with Crippen molar-refractivity contribution in [2.24, 2.45) is 0 Å². The molecule has 0 unspecified atom stereocenters. The molecule has 1 rings (SSSR count). The first-order valence-electron chi connectivity index (χ1n) is 2.85. The Morgan fingerprint density at radius 3 is 2.38 bits per heavy atom. The molecule has 66 valence electrons. The number of hydrogen-bond donors (Lipinski definition) is 1. The molecule has 0 heterocycles. The molecule has 0 bridgehead atoms. The maximum atomic E-state index is 10.3. The maximum Gasteiger partial charge on any atom is 1.00 e. The van der Waals surface area contributed by atoms with Crippen LogP contribution in [0.15, 0.2) is 12.1 Å². The monoisotopic (exact) mass is 231 g/mol. The van der Waals surface area contributed by atoms with Gasteiger partial charge in [0.15, 0.2) is 0 Å². The number of phenolic OH excluding ortho intramolecular Hbond substituents is 1. The first-order chi connectivity index (χ1) is 5.52. The fourth-order valence-electron chi connectivity index (χ4n) is 0.666. The zero-order valence-electron chi connectivity index (χ0n) is 7.62. The molecule has 0 saturated heterocycles. The summed E-state index contributed by atoms with van der Waals surface area (Å²) in [5.74, 6) is -0.354. The van der Waals surface area contributed by atoms with E-state index in [1.165, 1.54) is 0 Å². The van der Waals surface area contributed by atoms with E-state index in [2.05, 4.69) is 0 Å². The van der Waals surface area contributed by atoms with E-state index in [9.17, 15) is 10.1 Å². The van der Waals surface area contributed by atoms with Gasteiger partial charge in [0.2, 0.25) is 0 Å². The largest absolute Gasteiger partial charge is 1.00 e. The van der Waals surface area contributed by atoms with Crippen LogP contribution in [-0.2, 0) is 0 Å². The molecule has 0 aromatic heterocycles. The zero-order chi connectivity index (χ0) is 9.30. The summed E-state index contributed by atoms with van der Waals surface area (Å²) in [7, 11) is 0. The third-order valence-corrected chi connectivity index (χ3v) is 1.82. The number of aromatic hydroxyl groups is 1.